The van der Waals surface area contributed by atoms with Crippen molar-refractivity contribution in [1.82, 2.24) is 9.97 Å². The lowest BCUT2D eigenvalue weighted by molar-refractivity contribution is 0.475. The number of nitrogens with zero attached hydrogens (tertiary/aromatic N) is 2. The fraction of sp³-hybridized carbons (Fsp3) is 0.0435. The number of fused-ring (bicyclic) bond motifs is 3. The van der Waals surface area contributed by atoms with Crippen molar-refractivity contribution in [2.75, 3.05) is 0 Å². The first-order chi connectivity index (χ1) is 12.8. The molecule has 4 aromatic rings. The van der Waals surface area contributed by atoms with E-state index in [-0.39, 0.29) is 5.75 Å². The third-order valence-electron chi connectivity index (χ3n) is 4.90. The van der Waals surface area contributed by atoms with Crippen LogP contribution in [0.1, 0.15) is 11.1 Å². The van der Waals surface area contributed by atoms with Crippen molar-refractivity contribution in [3.63, 3.8) is 0 Å². The summed E-state index contributed by atoms with van der Waals surface area (Å²) in [5, 5.41) is 9.96. The van der Waals surface area contributed by atoms with Crippen LogP contribution in [-0.4, -0.2) is 15.1 Å². The minimum atomic E-state index is 0.272. The van der Waals surface area contributed by atoms with Crippen molar-refractivity contribution in [3.05, 3.63) is 90.3 Å². The highest BCUT2D eigenvalue weighted by Gasteiger charge is 2.24. The molecule has 2 aromatic heterocycles. The molecule has 0 saturated heterocycles. The molecule has 0 unspecified atom stereocenters. The molecule has 0 fully saturated rings. The van der Waals surface area contributed by atoms with Gasteiger partial charge in [0.25, 0.3) is 0 Å². The molecular formula is C23H16N2O. The van der Waals surface area contributed by atoms with E-state index in [1.807, 2.05) is 30.3 Å². The lowest BCUT2D eigenvalue weighted by Gasteiger charge is -2.12. The summed E-state index contributed by atoms with van der Waals surface area (Å²) in [6.45, 7) is 0. The largest absolute Gasteiger partial charge is 0.508 e. The summed E-state index contributed by atoms with van der Waals surface area (Å²) in [7, 11) is 0. The Bertz CT molecular complexity index is 1120. The number of rotatable bonds is 2. The predicted molar refractivity (Wildman–Crippen MR) is 103 cm³/mol. The Labute approximate surface area is 151 Å². The molecule has 0 saturated carbocycles. The highest BCUT2D eigenvalue weighted by molar-refractivity contribution is 5.85. The van der Waals surface area contributed by atoms with Crippen molar-refractivity contribution in [2.45, 2.75) is 6.42 Å². The van der Waals surface area contributed by atoms with Gasteiger partial charge in [-0.25, -0.2) is 4.98 Å². The lowest BCUT2D eigenvalue weighted by Crippen LogP contribution is -1.94. The van der Waals surface area contributed by atoms with E-state index < -0.39 is 0 Å². The quantitative estimate of drug-likeness (QED) is 0.488. The summed E-state index contributed by atoms with van der Waals surface area (Å²) in [6, 6.07) is 21.9. The smallest absolute Gasteiger partial charge is 0.116 e. The number of aromatic nitrogens is 2. The molecule has 0 aliphatic heterocycles. The van der Waals surface area contributed by atoms with Gasteiger partial charge in [0.2, 0.25) is 0 Å². The second-order valence-electron chi connectivity index (χ2n) is 6.50. The zero-order chi connectivity index (χ0) is 17.5. The number of hydrogen-bond acceptors (Lipinski definition) is 3. The van der Waals surface area contributed by atoms with Gasteiger partial charge in [0, 0.05) is 29.9 Å². The summed E-state index contributed by atoms with van der Waals surface area (Å²) in [4.78, 5) is 9.09. The molecular weight excluding hydrogens is 320 g/mol. The molecule has 3 heteroatoms. The van der Waals surface area contributed by atoms with Crippen LogP contribution < -0.4 is 0 Å². The average Bonchev–Trinajstić information content (AvgIpc) is 3.06. The predicted octanol–water partition coefficient (Wildman–Crippen LogP) is 5.09. The second kappa shape index (κ2) is 5.81. The number of phenolic OH excluding ortho intramolecular Hbond substituents is 1. The molecule has 0 atom stereocenters. The summed E-state index contributed by atoms with van der Waals surface area (Å²) < 4.78 is 0. The standard InChI is InChI=1S/C23H16N2O/c26-18-6-3-5-16(12-18)20-14-22(15-8-10-24-11-9-15)25-23-19-7-2-1-4-17(19)13-21(20)23/h1-12,14,26H,13H2. The number of hydrogen-bond donors (Lipinski definition) is 1. The minimum absolute atomic E-state index is 0.272. The van der Waals surface area contributed by atoms with E-state index in [4.69, 9.17) is 4.98 Å². The molecule has 0 amide bonds. The zero-order valence-corrected chi connectivity index (χ0v) is 14.1. The van der Waals surface area contributed by atoms with Gasteiger partial charge >= 0.3 is 0 Å². The molecule has 26 heavy (non-hydrogen) atoms. The van der Waals surface area contributed by atoms with E-state index in [2.05, 4.69) is 35.3 Å². The van der Waals surface area contributed by atoms with Gasteiger partial charge in [-0.2, -0.15) is 0 Å². The van der Waals surface area contributed by atoms with Crippen molar-refractivity contribution < 1.29 is 5.11 Å². The van der Waals surface area contributed by atoms with Crippen molar-refractivity contribution >= 4 is 0 Å². The monoisotopic (exact) mass is 336 g/mol. The topological polar surface area (TPSA) is 46.0 Å². The van der Waals surface area contributed by atoms with Crippen LogP contribution in [0.4, 0.5) is 0 Å². The van der Waals surface area contributed by atoms with Crippen LogP contribution in [0, 0.1) is 0 Å². The van der Waals surface area contributed by atoms with Gasteiger partial charge in [-0.1, -0.05) is 36.4 Å². The average molecular weight is 336 g/mol. The van der Waals surface area contributed by atoms with Gasteiger partial charge in [-0.05, 0) is 52.6 Å². The fourth-order valence-electron chi connectivity index (χ4n) is 3.67. The summed E-state index contributed by atoms with van der Waals surface area (Å²) >= 11 is 0. The van der Waals surface area contributed by atoms with Gasteiger partial charge in [0.05, 0.1) is 11.4 Å². The number of pyridine rings is 2. The Morgan fingerprint density at radius 2 is 1.62 bits per heavy atom. The third-order valence-corrected chi connectivity index (χ3v) is 4.90. The summed E-state index contributed by atoms with van der Waals surface area (Å²) in [6.07, 6.45) is 4.43. The van der Waals surface area contributed by atoms with Gasteiger partial charge in [-0.3, -0.25) is 4.98 Å². The van der Waals surface area contributed by atoms with Crippen LogP contribution in [0.25, 0.3) is 33.6 Å². The normalized spacial score (nSPS) is 11.8. The maximum atomic E-state index is 9.96. The lowest BCUT2D eigenvalue weighted by atomic mass is 9.96. The number of aromatic hydroxyl groups is 1. The maximum absolute atomic E-state index is 9.96. The van der Waals surface area contributed by atoms with Crippen LogP contribution in [0.15, 0.2) is 79.1 Å². The van der Waals surface area contributed by atoms with E-state index in [9.17, 15) is 5.11 Å². The SMILES string of the molecule is Oc1cccc(-c2cc(-c3ccncc3)nc3c2Cc2ccccc2-3)c1. The van der Waals surface area contributed by atoms with Crippen molar-refractivity contribution in [3.8, 4) is 39.4 Å². The molecule has 0 bridgehead atoms. The Morgan fingerprint density at radius 3 is 2.46 bits per heavy atom. The van der Waals surface area contributed by atoms with E-state index in [1.165, 1.54) is 16.7 Å². The number of benzene rings is 2. The Balaban J connectivity index is 1.80. The molecule has 2 heterocycles. The molecule has 2 aromatic carbocycles. The molecule has 1 aliphatic carbocycles. The maximum Gasteiger partial charge on any atom is 0.116 e. The first-order valence-corrected chi connectivity index (χ1v) is 8.61. The molecule has 0 radical (unpaired) electrons. The van der Waals surface area contributed by atoms with Gasteiger partial charge < -0.3 is 5.11 Å². The van der Waals surface area contributed by atoms with Crippen molar-refractivity contribution in [2.24, 2.45) is 0 Å². The Morgan fingerprint density at radius 1 is 0.769 bits per heavy atom. The van der Waals surface area contributed by atoms with E-state index in [0.29, 0.717) is 0 Å². The molecule has 3 nitrogen and oxygen atoms in total. The summed E-state index contributed by atoms with van der Waals surface area (Å²) in [5.74, 6) is 0.272. The van der Waals surface area contributed by atoms with E-state index in [1.54, 1.807) is 18.5 Å². The van der Waals surface area contributed by atoms with Crippen LogP contribution >= 0.6 is 0 Å². The number of phenols is 1. The highest BCUT2D eigenvalue weighted by atomic mass is 16.3. The van der Waals surface area contributed by atoms with E-state index >= 15 is 0 Å². The first kappa shape index (κ1) is 14.8. The van der Waals surface area contributed by atoms with Gasteiger partial charge in [0.1, 0.15) is 5.75 Å². The van der Waals surface area contributed by atoms with Crippen LogP contribution in [0.5, 0.6) is 5.75 Å². The molecule has 124 valence electrons. The summed E-state index contributed by atoms with van der Waals surface area (Å²) in [5.41, 5.74) is 8.82. The third kappa shape index (κ3) is 2.37. The highest BCUT2D eigenvalue weighted by Crippen LogP contribution is 2.42. The van der Waals surface area contributed by atoms with Gasteiger partial charge in [0.15, 0.2) is 0 Å². The van der Waals surface area contributed by atoms with E-state index in [0.717, 1.165) is 34.5 Å². The van der Waals surface area contributed by atoms with Crippen LogP contribution in [0.3, 0.4) is 0 Å². The van der Waals surface area contributed by atoms with Crippen molar-refractivity contribution in [1.29, 1.82) is 0 Å². The minimum Gasteiger partial charge on any atom is -0.508 e. The second-order valence-corrected chi connectivity index (χ2v) is 6.50. The Hall–Kier alpha value is -3.46. The zero-order valence-electron chi connectivity index (χ0n) is 14.1. The van der Waals surface area contributed by atoms with Gasteiger partial charge in [-0.15, -0.1) is 0 Å². The fourth-order valence-corrected chi connectivity index (χ4v) is 3.67. The Kier molecular flexibility index (Phi) is 3.32. The molecule has 0 spiro atoms. The van der Waals surface area contributed by atoms with Crippen LogP contribution in [-0.2, 0) is 6.42 Å². The molecule has 1 N–H and O–H groups in total. The van der Waals surface area contributed by atoms with Crippen LogP contribution in [0.2, 0.25) is 0 Å². The molecule has 1 aliphatic rings. The molecule has 5 rings (SSSR count). The first-order valence-electron chi connectivity index (χ1n) is 8.61.